The summed E-state index contributed by atoms with van der Waals surface area (Å²) >= 11 is 15.8. The first-order valence-corrected chi connectivity index (χ1v) is 8.55. The quantitative estimate of drug-likeness (QED) is 0.544. The lowest BCUT2D eigenvalue weighted by atomic mass is 9.80. The van der Waals surface area contributed by atoms with Crippen molar-refractivity contribution in [2.75, 3.05) is 11.8 Å². The van der Waals surface area contributed by atoms with E-state index in [2.05, 4.69) is 28.1 Å². The van der Waals surface area contributed by atoms with Crippen molar-refractivity contribution < 1.29 is 4.39 Å². The maximum Gasteiger partial charge on any atom is 0.137 e. The predicted octanol–water partition coefficient (Wildman–Crippen LogP) is 5.84. The highest BCUT2D eigenvalue weighted by molar-refractivity contribution is 9.10. The number of alkyl halides is 2. The van der Waals surface area contributed by atoms with Crippen molar-refractivity contribution in [1.29, 1.82) is 0 Å². The third-order valence-electron chi connectivity index (χ3n) is 3.59. The van der Waals surface area contributed by atoms with Crippen LogP contribution < -0.4 is 0 Å². The van der Waals surface area contributed by atoms with Gasteiger partial charge in [-0.2, -0.15) is 0 Å². The van der Waals surface area contributed by atoms with E-state index in [1.165, 1.54) is 11.6 Å². The molecule has 2 aromatic carbocycles. The molecule has 0 nitrogen and oxygen atoms in total. The molecule has 21 heavy (non-hydrogen) atoms. The monoisotopic (exact) mass is 388 g/mol. The van der Waals surface area contributed by atoms with E-state index in [0.29, 0.717) is 22.7 Å². The minimum atomic E-state index is -0.291. The lowest BCUT2D eigenvalue weighted by Gasteiger charge is -2.30. The number of hydrogen-bond donors (Lipinski definition) is 0. The van der Waals surface area contributed by atoms with Crippen molar-refractivity contribution in [1.82, 2.24) is 0 Å². The Morgan fingerprint density at radius 2 is 1.57 bits per heavy atom. The minimum Gasteiger partial charge on any atom is -0.206 e. The van der Waals surface area contributed by atoms with Crippen LogP contribution in [0.3, 0.4) is 0 Å². The second-order valence-electron chi connectivity index (χ2n) is 5.32. The molecule has 0 atom stereocenters. The summed E-state index contributed by atoms with van der Waals surface area (Å²) in [7, 11) is 0. The molecule has 0 aromatic heterocycles. The first-order chi connectivity index (χ1) is 10.1. The third-order valence-corrected chi connectivity index (χ3v) is 5.61. The van der Waals surface area contributed by atoms with Gasteiger partial charge in [-0.3, -0.25) is 0 Å². The van der Waals surface area contributed by atoms with Crippen LogP contribution >= 0.6 is 39.1 Å². The van der Waals surface area contributed by atoms with E-state index in [0.717, 1.165) is 12.0 Å². The molecule has 0 aliphatic heterocycles. The summed E-state index contributed by atoms with van der Waals surface area (Å²) in [5.41, 5.74) is 1.79. The maximum absolute atomic E-state index is 13.7. The van der Waals surface area contributed by atoms with Crippen molar-refractivity contribution in [3.8, 4) is 0 Å². The first kappa shape index (κ1) is 16.8. The standard InChI is InChI=1S/C17H16BrCl2F/c18-16-14(7-4-8-15(16)21)10-17(11-19,12-20)9-13-5-2-1-3-6-13/h1-8H,9-12H2. The molecule has 0 saturated carbocycles. The Morgan fingerprint density at radius 3 is 2.19 bits per heavy atom. The van der Waals surface area contributed by atoms with Crippen molar-refractivity contribution in [2.45, 2.75) is 12.8 Å². The fourth-order valence-corrected chi connectivity index (χ4v) is 3.47. The lowest BCUT2D eigenvalue weighted by molar-refractivity contribution is 0.372. The first-order valence-electron chi connectivity index (χ1n) is 6.69. The van der Waals surface area contributed by atoms with Crippen LogP contribution in [0.15, 0.2) is 53.0 Å². The number of hydrogen-bond acceptors (Lipinski definition) is 0. The van der Waals surface area contributed by atoms with Gasteiger partial charge in [0.25, 0.3) is 0 Å². The Morgan fingerprint density at radius 1 is 0.905 bits per heavy atom. The van der Waals surface area contributed by atoms with Gasteiger partial charge in [0.05, 0.1) is 4.47 Å². The van der Waals surface area contributed by atoms with Gasteiger partial charge in [0.15, 0.2) is 0 Å². The van der Waals surface area contributed by atoms with Crippen LogP contribution in [0.5, 0.6) is 0 Å². The molecule has 0 aliphatic carbocycles. The van der Waals surface area contributed by atoms with Gasteiger partial charge in [0, 0.05) is 17.2 Å². The van der Waals surface area contributed by atoms with E-state index in [4.69, 9.17) is 23.2 Å². The summed E-state index contributed by atoms with van der Waals surface area (Å²) < 4.78 is 14.2. The zero-order valence-corrected chi connectivity index (χ0v) is 14.6. The highest BCUT2D eigenvalue weighted by Crippen LogP contribution is 2.34. The van der Waals surface area contributed by atoms with Gasteiger partial charge in [-0.1, -0.05) is 42.5 Å². The number of halogens is 4. The number of benzene rings is 2. The van der Waals surface area contributed by atoms with Crippen LogP contribution in [0.4, 0.5) is 4.39 Å². The van der Waals surface area contributed by atoms with Crippen LogP contribution in [0.2, 0.25) is 0 Å². The van der Waals surface area contributed by atoms with E-state index in [-0.39, 0.29) is 11.2 Å². The molecule has 0 bridgehead atoms. The molecule has 0 radical (unpaired) electrons. The molecule has 0 N–H and O–H groups in total. The van der Waals surface area contributed by atoms with Crippen LogP contribution in [0, 0.1) is 11.2 Å². The summed E-state index contributed by atoms with van der Waals surface area (Å²) in [6.45, 7) is 0. The van der Waals surface area contributed by atoms with Gasteiger partial charge >= 0.3 is 0 Å². The average molecular weight is 390 g/mol. The largest absolute Gasteiger partial charge is 0.206 e. The molecule has 0 spiro atoms. The van der Waals surface area contributed by atoms with E-state index in [9.17, 15) is 4.39 Å². The Hall–Kier alpha value is -0.570. The van der Waals surface area contributed by atoms with Crippen molar-refractivity contribution >= 4 is 39.1 Å². The Bertz CT molecular complexity index is 583. The molecule has 0 unspecified atom stereocenters. The van der Waals surface area contributed by atoms with Gasteiger partial charge in [0.2, 0.25) is 0 Å². The zero-order valence-electron chi connectivity index (χ0n) is 11.5. The average Bonchev–Trinajstić information content (AvgIpc) is 2.52. The highest BCUT2D eigenvalue weighted by Gasteiger charge is 2.30. The maximum atomic E-state index is 13.7. The van der Waals surface area contributed by atoms with Crippen molar-refractivity contribution in [2.24, 2.45) is 5.41 Å². The zero-order chi connectivity index (χ0) is 15.3. The predicted molar refractivity (Wildman–Crippen MR) is 91.8 cm³/mol. The van der Waals surface area contributed by atoms with Crippen LogP contribution in [0.1, 0.15) is 11.1 Å². The van der Waals surface area contributed by atoms with E-state index in [1.54, 1.807) is 6.07 Å². The summed E-state index contributed by atoms with van der Waals surface area (Å²) in [6.07, 6.45) is 1.40. The van der Waals surface area contributed by atoms with Crippen molar-refractivity contribution in [3.63, 3.8) is 0 Å². The fraction of sp³-hybridized carbons (Fsp3) is 0.294. The second-order valence-corrected chi connectivity index (χ2v) is 6.65. The van der Waals surface area contributed by atoms with Gasteiger partial charge in [-0.25, -0.2) is 4.39 Å². The van der Waals surface area contributed by atoms with Gasteiger partial charge < -0.3 is 0 Å². The molecule has 4 heteroatoms. The topological polar surface area (TPSA) is 0 Å². The summed E-state index contributed by atoms with van der Waals surface area (Å²) in [4.78, 5) is 0. The summed E-state index contributed by atoms with van der Waals surface area (Å²) in [6, 6.07) is 15.2. The van der Waals surface area contributed by atoms with Gasteiger partial charge in [-0.05, 0) is 46.0 Å². The molecule has 0 heterocycles. The fourth-order valence-electron chi connectivity index (χ4n) is 2.41. The highest BCUT2D eigenvalue weighted by atomic mass is 79.9. The Labute approximate surface area is 143 Å². The summed E-state index contributed by atoms with van der Waals surface area (Å²) in [5, 5.41) is 0. The summed E-state index contributed by atoms with van der Waals surface area (Å²) in [5.74, 6) is 0.591. The van der Waals surface area contributed by atoms with Crippen LogP contribution in [-0.2, 0) is 12.8 Å². The smallest absolute Gasteiger partial charge is 0.137 e. The molecular weight excluding hydrogens is 374 g/mol. The van der Waals surface area contributed by atoms with Crippen LogP contribution in [0.25, 0.3) is 0 Å². The number of rotatable bonds is 6. The molecule has 0 aliphatic rings. The molecule has 2 aromatic rings. The molecule has 112 valence electrons. The molecule has 0 fully saturated rings. The Balaban J connectivity index is 2.27. The van der Waals surface area contributed by atoms with Crippen LogP contribution in [-0.4, -0.2) is 11.8 Å². The second kappa shape index (κ2) is 7.62. The van der Waals surface area contributed by atoms with E-state index in [1.807, 2.05) is 24.3 Å². The van der Waals surface area contributed by atoms with Gasteiger partial charge in [-0.15, -0.1) is 23.2 Å². The molecular formula is C17H16BrCl2F. The van der Waals surface area contributed by atoms with Gasteiger partial charge in [0.1, 0.15) is 5.82 Å². The third kappa shape index (κ3) is 4.21. The normalized spacial score (nSPS) is 11.6. The van der Waals surface area contributed by atoms with Crippen molar-refractivity contribution in [3.05, 3.63) is 69.9 Å². The van der Waals surface area contributed by atoms with E-state index >= 15 is 0 Å². The lowest BCUT2D eigenvalue weighted by Crippen LogP contribution is -2.31. The SMILES string of the molecule is Fc1cccc(CC(CCl)(CCl)Cc2ccccc2)c1Br. The molecule has 2 rings (SSSR count). The molecule has 0 saturated heterocycles. The van der Waals surface area contributed by atoms with E-state index < -0.39 is 0 Å². The minimum absolute atomic E-state index is 0.259. The molecule has 0 amide bonds. The Kier molecular flexibility index (Phi) is 6.09.